The summed E-state index contributed by atoms with van der Waals surface area (Å²) in [6, 6.07) is 9.61. The van der Waals surface area contributed by atoms with E-state index in [4.69, 9.17) is 15.2 Å². The Morgan fingerprint density at radius 1 is 1.08 bits per heavy atom. The maximum absolute atomic E-state index is 12.6. The first kappa shape index (κ1) is 14.8. The van der Waals surface area contributed by atoms with E-state index in [9.17, 15) is 14.7 Å². The fourth-order valence-electron chi connectivity index (χ4n) is 3.92. The number of aromatic hydroxyl groups is 1. The quantitative estimate of drug-likeness (QED) is 0.561. The van der Waals surface area contributed by atoms with Crippen molar-refractivity contribution in [2.75, 3.05) is 5.73 Å². The second-order valence-electron chi connectivity index (χ2n) is 6.50. The number of anilines is 1. The lowest BCUT2D eigenvalue weighted by Gasteiger charge is -2.42. The zero-order chi connectivity index (χ0) is 18.1. The zero-order valence-electron chi connectivity index (χ0n) is 13.4. The Morgan fingerprint density at radius 2 is 1.92 bits per heavy atom. The van der Waals surface area contributed by atoms with Crippen LogP contribution in [0.15, 0.2) is 60.4 Å². The number of carbonyl (C=O) groups is 2. The molecule has 0 saturated heterocycles. The summed E-state index contributed by atoms with van der Waals surface area (Å²) in [4.78, 5) is 24.4. The fraction of sp³-hybridized carbons (Fsp3) is 0.100. The maximum atomic E-state index is 12.6. The van der Waals surface area contributed by atoms with Crippen molar-refractivity contribution in [1.82, 2.24) is 0 Å². The summed E-state index contributed by atoms with van der Waals surface area (Å²) in [6.45, 7) is 0. The minimum Gasteiger partial charge on any atom is -0.508 e. The summed E-state index contributed by atoms with van der Waals surface area (Å²) in [5, 5.41) is 9.85. The molecule has 1 spiro atoms. The molecular weight excluding hydrogens is 334 g/mol. The summed E-state index contributed by atoms with van der Waals surface area (Å²) in [6.07, 6.45) is 4.49. The van der Waals surface area contributed by atoms with E-state index < -0.39 is 17.5 Å². The number of nitrogens with two attached hydrogens (primary N) is 1. The highest BCUT2D eigenvalue weighted by Gasteiger charge is 2.57. The Bertz CT molecular complexity index is 1070. The first-order valence-electron chi connectivity index (χ1n) is 8.07. The number of nitrogen functional groups attached to an aromatic ring is 1. The molecule has 2 atom stereocenters. The van der Waals surface area contributed by atoms with Gasteiger partial charge in [-0.05, 0) is 36.4 Å². The van der Waals surface area contributed by atoms with Crippen LogP contribution in [0.1, 0.15) is 21.5 Å². The smallest absolute Gasteiger partial charge is 0.339 e. The van der Waals surface area contributed by atoms with Crippen molar-refractivity contribution in [3.63, 3.8) is 0 Å². The summed E-state index contributed by atoms with van der Waals surface area (Å²) in [5.41, 5.74) is 6.90. The largest absolute Gasteiger partial charge is 0.508 e. The first-order chi connectivity index (χ1) is 12.5. The van der Waals surface area contributed by atoms with E-state index in [1.165, 1.54) is 24.3 Å². The van der Waals surface area contributed by atoms with Crippen molar-refractivity contribution in [2.24, 2.45) is 5.92 Å². The van der Waals surface area contributed by atoms with Crippen molar-refractivity contribution in [3.8, 4) is 11.5 Å². The number of hydrogen-bond donors (Lipinski definition) is 2. The van der Waals surface area contributed by atoms with Crippen LogP contribution in [-0.2, 0) is 15.1 Å². The lowest BCUT2D eigenvalue weighted by molar-refractivity contribution is -0.110. The molecule has 26 heavy (non-hydrogen) atoms. The highest BCUT2D eigenvalue weighted by atomic mass is 16.6. The van der Waals surface area contributed by atoms with Gasteiger partial charge in [-0.3, -0.25) is 4.79 Å². The topological polar surface area (TPSA) is 98.8 Å². The summed E-state index contributed by atoms with van der Waals surface area (Å²) < 4.78 is 11.8. The van der Waals surface area contributed by atoms with E-state index in [1.807, 2.05) is 0 Å². The molecule has 5 rings (SSSR count). The molecule has 0 bridgehead atoms. The van der Waals surface area contributed by atoms with Gasteiger partial charge in [-0.15, -0.1) is 0 Å². The molecule has 3 aliphatic rings. The lowest BCUT2D eigenvalue weighted by Crippen LogP contribution is -2.42. The van der Waals surface area contributed by atoms with E-state index in [-0.39, 0.29) is 11.5 Å². The molecule has 0 aromatic heterocycles. The van der Waals surface area contributed by atoms with Gasteiger partial charge in [-0.1, -0.05) is 6.08 Å². The van der Waals surface area contributed by atoms with Crippen molar-refractivity contribution in [2.45, 2.75) is 5.60 Å². The Labute approximate surface area is 148 Å². The van der Waals surface area contributed by atoms with Crippen molar-refractivity contribution >= 4 is 17.4 Å². The number of allylic oxidation sites excluding steroid dienone is 2. The van der Waals surface area contributed by atoms with Crippen molar-refractivity contribution in [1.29, 1.82) is 0 Å². The second kappa shape index (κ2) is 4.76. The molecule has 0 amide bonds. The van der Waals surface area contributed by atoms with Crippen LogP contribution < -0.4 is 10.5 Å². The molecule has 2 aromatic rings. The van der Waals surface area contributed by atoms with Gasteiger partial charge >= 0.3 is 5.97 Å². The number of esters is 1. The minimum absolute atomic E-state index is 0.00718. The third kappa shape index (κ3) is 1.75. The van der Waals surface area contributed by atoms with Gasteiger partial charge in [0, 0.05) is 29.0 Å². The number of rotatable bonds is 0. The van der Waals surface area contributed by atoms with Crippen molar-refractivity contribution in [3.05, 3.63) is 77.1 Å². The first-order valence-corrected chi connectivity index (χ1v) is 8.07. The Hall–Kier alpha value is -3.54. The van der Waals surface area contributed by atoms with Gasteiger partial charge in [0.15, 0.2) is 11.4 Å². The molecular formula is C20H13NO5. The van der Waals surface area contributed by atoms with Gasteiger partial charge in [0.25, 0.3) is 0 Å². The second-order valence-corrected chi connectivity index (χ2v) is 6.50. The molecule has 0 radical (unpaired) electrons. The monoisotopic (exact) mass is 347 g/mol. The van der Waals surface area contributed by atoms with Crippen LogP contribution in [0.3, 0.4) is 0 Å². The number of benzene rings is 2. The Kier molecular flexibility index (Phi) is 2.70. The van der Waals surface area contributed by atoms with E-state index in [0.717, 1.165) is 0 Å². The van der Waals surface area contributed by atoms with Gasteiger partial charge in [-0.25, -0.2) is 4.79 Å². The predicted molar refractivity (Wildman–Crippen MR) is 91.5 cm³/mol. The summed E-state index contributed by atoms with van der Waals surface area (Å²) >= 11 is 0. The summed E-state index contributed by atoms with van der Waals surface area (Å²) in [7, 11) is 0. The maximum Gasteiger partial charge on any atom is 0.339 e. The van der Waals surface area contributed by atoms with Gasteiger partial charge in [0.1, 0.15) is 17.3 Å². The predicted octanol–water partition coefficient (Wildman–Crippen LogP) is 2.42. The standard InChI is InChI=1S/C20H13NO5/c21-10-1-4-13-16(7-10)20(26-19(13)24)14-5-2-11(22)8-17(14)25-18-9-12(23)3-6-15(18)20/h1-9,14,23H,21H2. The fourth-order valence-corrected chi connectivity index (χ4v) is 3.92. The number of phenolic OH excluding ortho intramolecular Hbond substituents is 1. The normalized spacial score (nSPS) is 25.1. The van der Waals surface area contributed by atoms with E-state index in [1.54, 1.807) is 30.3 Å². The molecule has 2 aromatic carbocycles. The molecule has 128 valence electrons. The Morgan fingerprint density at radius 3 is 2.77 bits per heavy atom. The molecule has 2 aliphatic heterocycles. The minimum atomic E-state index is -1.20. The number of hydrogen-bond acceptors (Lipinski definition) is 6. The third-order valence-corrected chi connectivity index (χ3v) is 4.99. The number of ether oxygens (including phenoxy) is 2. The molecule has 0 fully saturated rings. The highest BCUT2D eigenvalue weighted by molar-refractivity contribution is 6.01. The Balaban J connectivity index is 1.87. The van der Waals surface area contributed by atoms with Gasteiger partial charge in [-0.2, -0.15) is 0 Å². The van der Waals surface area contributed by atoms with Gasteiger partial charge in [0.05, 0.1) is 11.5 Å². The zero-order valence-corrected chi connectivity index (χ0v) is 13.4. The van der Waals surface area contributed by atoms with Crippen LogP contribution in [-0.4, -0.2) is 16.9 Å². The number of carbonyl (C=O) groups excluding carboxylic acids is 2. The molecule has 3 N–H and O–H groups in total. The van der Waals surface area contributed by atoms with E-state index >= 15 is 0 Å². The van der Waals surface area contributed by atoms with E-state index in [2.05, 4.69) is 0 Å². The van der Waals surface area contributed by atoms with Gasteiger partial charge < -0.3 is 20.3 Å². The molecule has 0 saturated carbocycles. The van der Waals surface area contributed by atoms with E-state index in [0.29, 0.717) is 33.9 Å². The van der Waals surface area contributed by atoms with Crippen LogP contribution in [0.25, 0.3) is 0 Å². The average Bonchev–Trinajstić information content (AvgIpc) is 2.87. The van der Waals surface area contributed by atoms with Crippen LogP contribution in [0, 0.1) is 5.92 Å². The van der Waals surface area contributed by atoms with Crippen LogP contribution >= 0.6 is 0 Å². The molecule has 6 nitrogen and oxygen atoms in total. The lowest BCUT2D eigenvalue weighted by atomic mass is 9.71. The molecule has 2 heterocycles. The third-order valence-electron chi connectivity index (χ3n) is 4.99. The van der Waals surface area contributed by atoms with Gasteiger partial charge in [0.2, 0.25) is 0 Å². The number of fused-ring (bicyclic) bond motifs is 6. The molecule has 2 unspecified atom stereocenters. The number of phenols is 1. The van der Waals surface area contributed by atoms with Crippen LogP contribution in [0.5, 0.6) is 11.5 Å². The SMILES string of the molecule is Nc1ccc2c(c1)C1(OC2=O)c2ccc(O)cc2OC2=CC(=O)C=CC21. The van der Waals surface area contributed by atoms with Crippen LogP contribution in [0.2, 0.25) is 0 Å². The van der Waals surface area contributed by atoms with Crippen LogP contribution in [0.4, 0.5) is 5.69 Å². The molecule has 6 heteroatoms. The summed E-state index contributed by atoms with van der Waals surface area (Å²) in [5.74, 6) is -0.493. The van der Waals surface area contributed by atoms with Crippen molar-refractivity contribution < 1.29 is 24.2 Å². The number of ketones is 1. The average molecular weight is 347 g/mol. The highest BCUT2D eigenvalue weighted by Crippen LogP contribution is 2.56. The molecule has 1 aliphatic carbocycles.